The smallest absolute Gasteiger partial charge is 0.303 e. The standard InChI is InChI=1S/C9H13NO3/c1-8(11)13-7-9(12)10-5-3-2-4-6-10/h2-3H,4-7H2,1H3. The lowest BCUT2D eigenvalue weighted by atomic mass is 10.2. The molecule has 0 fully saturated rings. The van der Waals surface area contributed by atoms with Crippen molar-refractivity contribution in [1.82, 2.24) is 4.90 Å². The van der Waals surface area contributed by atoms with E-state index in [0.717, 1.165) is 13.0 Å². The Kier molecular flexibility index (Phi) is 3.49. The summed E-state index contributed by atoms with van der Waals surface area (Å²) >= 11 is 0. The molecule has 0 saturated heterocycles. The van der Waals surface area contributed by atoms with Gasteiger partial charge in [0.2, 0.25) is 0 Å². The van der Waals surface area contributed by atoms with Gasteiger partial charge in [-0.1, -0.05) is 12.2 Å². The fraction of sp³-hybridized carbons (Fsp3) is 0.556. The second kappa shape index (κ2) is 4.64. The van der Waals surface area contributed by atoms with E-state index in [1.807, 2.05) is 12.2 Å². The molecule has 0 N–H and O–H groups in total. The highest BCUT2D eigenvalue weighted by molar-refractivity contribution is 5.80. The molecular formula is C9H13NO3. The van der Waals surface area contributed by atoms with Gasteiger partial charge in [-0.25, -0.2) is 0 Å². The SMILES string of the molecule is CC(=O)OCC(=O)N1CC=CCC1. The van der Waals surface area contributed by atoms with Gasteiger partial charge in [0.1, 0.15) is 0 Å². The molecule has 0 atom stereocenters. The van der Waals surface area contributed by atoms with E-state index in [0.29, 0.717) is 6.54 Å². The molecule has 1 rings (SSSR count). The summed E-state index contributed by atoms with van der Waals surface area (Å²) < 4.78 is 4.60. The zero-order chi connectivity index (χ0) is 9.68. The molecule has 0 aromatic carbocycles. The zero-order valence-corrected chi connectivity index (χ0v) is 7.66. The van der Waals surface area contributed by atoms with Gasteiger partial charge in [0, 0.05) is 20.0 Å². The number of nitrogens with zero attached hydrogens (tertiary/aromatic N) is 1. The van der Waals surface area contributed by atoms with Gasteiger partial charge < -0.3 is 9.64 Å². The number of esters is 1. The van der Waals surface area contributed by atoms with Gasteiger partial charge in [-0.15, -0.1) is 0 Å². The molecule has 1 heterocycles. The van der Waals surface area contributed by atoms with Crippen molar-refractivity contribution < 1.29 is 14.3 Å². The van der Waals surface area contributed by atoms with Crippen molar-refractivity contribution in [1.29, 1.82) is 0 Å². The molecule has 1 aliphatic rings. The minimum Gasteiger partial charge on any atom is -0.456 e. The van der Waals surface area contributed by atoms with Gasteiger partial charge in [0.15, 0.2) is 6.61 Å². The molecule has 0 aromatic rings. The Morgan fingerprint density at radius 1 is 1.46 bits per heavy atom. The monoisotopic (exact) mass is 183 g/mol. The van der Waals surface area contributed by atoms with Crippen LogP contribution in [0.2, 0.25) is 0 Å². The fourth-order valence-electron chi connectivity index (χ4n) is 1.12. The molecule has 0 saturated carbocycles. The van der Waals surface area contributed by atoms with Crippen LogP contribution >= 0.6 is 0 Å². The maximum Gasteiger partial charge on any atom is 0.303 e. The van der Waals surface area contributed by atoms with Gasteiger partial charge in [-0.3, -0.25) is 9.59 Å². The Bertz CT molecular complexity index is 235. The normalized spacial score (nSPS) is 15.6. The van der Waals surface area contributed by atoms with Crippen molar-refractivity contribution in [2.24, 2.45) is 0 Å². The minimum absolute atomic E-state index is 0.125. The van der Waals surface area contributed by atoms with Crippen LogP contribution in [0.3, 0.4) is 0 Å². The third kappa shape index (κ3) is 3.27. The molecule has 4 nitrogen and oxygen atoms in total. The first-order chi connectivity index (χ1) is 6.20. The average molecular weight is 183 g/mol. The minimum atomic E-state index is -0.416. The Morgan fingerprint density at radius 3 is 2.77 bits per heavy atom. The number of carbonyl (C=O) groups excluding carboxylic acids is 2. The molecule has 13 heavy (non-hydrogen) atoms. The van der Waals surface area contributed by atoms with Crippen LogP contribution in [0, 0.1) is 0 Å². The van der Waals surface area contributed by atoms with Crippen LogP contribution in [0.4, 0.5) is 0 Å². The van der Waals surface area contributed by atoms with Gasteiger partial charge in [0.25, 0.3) is 5.91 Å². The van der Waals surface area contributed by atoms with E-state index < -0.39 is 5.97 Å². The Hall–Kier alpha value is -1.32. The quantitative estimate of drug-likeness (QED) is 0.458. The molecular weight excluding hydrogens is 170 g/mol. The largest absolute Gasteiger partial charge is 0.456 e. The van der Waals surface area contributed by atoms with Crippen LogP contribution < -0.4 is 0 Å². The molecule has 0 spiro atoms. The van der Waals surface area contributed by atoms with Gasteiger partial charge in [0.05, 0.1) is 0 Å². The summed E-state index contributed by atoms with van der Waals surface area (Å²) in [6.45, 7) is 2.50. The zero-order valence-electron chi connectivity index (χ0n) is 7.66. The summed E-state index contributed by atoms with van der Waals surface area (Å²) in [7, 11) is 0. The van der Waals surface area contributed by atoms with Crippen molar-refractivity contribution >= 4 is 11.9 Å². The highest BCUT2D eigenvalue weighted by Crippen LogP contribution is 2.01. The van der Waals surface area contributed by atoms with E-state index in [2.05, 4.69) is 4.74 Å². The number of ether oxygens (including phenoxy) is 1. The molecule has 1 amide bonds. The van der Waals surface area contributed by atoms with E-state index >= 15 is 0 Å². The average Bonchev–Trinajstić information content (AvgIpc) is 2.15. The summed E-state index contributed by atoms with van der Waals surface area (Å²) in [5.74, 6) is -0.541. The Labute approximate surface area is 77.2 Å². The summed E-state index contributed by atoms with van der Waals surface area (Å²) in [4.78, 5) is 23.4. The highest BCUT2D eigenvalue weighted by Gasteiger charge is 2.14. The van der Waals surface area contributed by atoms with Crippen LogP contribution in [0.5, 0.6) is 0 Å². The van der Waals surface area contributed by atoms with Crippen LogP contribution in [0.25, 0.3) is 0 Å². The van der Waals surface area contributed by atoms with E-state index in [-0.39, 0.29) is 12.5 Å². The van der Waals surface area contributed by atoms with Crippen molar-refractivity contribution in [3.05, 3.63) is 12.2 Å². The van der Waals surface area contributed by atoms with E-state index in [1.54, 1.807) is 4.90 Å². The second-order valence-corrected chi connectivity index (χ2v) is 2.88. The third-order valence-electron chi connectivity index (χ3n) is 1.81. The van der Waals surface area contributed by atoms with E-state index in [4.69, 9.17) is 0 Å². The first-order valence-electron chi connectivity index (χ1n) is 4.26. The van der Waals surface area contributed by atoms with Crippen molar-refractivity contribution in [3.63, 3.8) is 0 Å². The summed E-state index contributed by atoms with van der Waals surface area (Å²) in [5.41, 5.74) is 0. The summed E-state index contributed by atoms with van der Waals surface area (Å²) in [6, 6.07) is 0. The van der Waals surface area contributed by atoms with Gasteiger partial charge in [-0.05, 0) is 6.42 Å². The number of rotatable bonds is 2. The molecule has 1 aliphatic heterocycles. The molecule has 0 bridgehead atoms. The van der Waals surface area contributed by atoms with Crippen molar-refractivity contribution in [3.8, 4) is 0 Å². The third-order valence-corrected chi connectivity index (χ3v) is 1.81. The number of hydrogen-bond donors (Lipinski definition) is 0. The van der Waals surface area contributed by atoms with Crippen LogP contribution in [0.1, 0.15) is 13.3 Å². The molecule has 72 valence electrons. The number of carbonyl (C=O) groups is 2. The Morgan fingerprint density at radius 2 is 2.23 bits per heavy atom. The lowest BCUT2D eigenvalue weighted by Gasteiger charge is -2.22. The van der Waals surface area contributed by atoms with E-state index in [1.165, 1.54) is 6.92 Å². The lowest BCUT2D eigenvalue weighted by molar-refractivity contribution is -0.150. The molecule has 0 radical (unpaired) electrons. The van der Waals surface area contributed by atoms with Crippen LogP contribution in [-0.4, -0.2) is 36.5 Å². The van der Waals surface area contributed by atoms with E-state index in [9.17, 15) is 9.59 Å². The topological polar surface area (TPSA) is 46.6 Å². The maximum absolute atomic E-state index is 11.3. The van der Waals surface area contributed by atoms with Crippen LogP contribution in [0.15, 0.2) is 12.2 Å². The summed E-state index contributed by atoms with van der Waals surface area (Å²) in [5, 5.41) is 0. The fourth-order valence-corrected chi connectivity index (χ4v) is 1.12. The molecule has 0 aliphatic carbocycles. The number of hydrogen-bond acceptors (Lipinski definition) is 3. The predicted octanol–water partition coefficient (Wildman–Crippen LogP) is 0.338. The van der Waals surface area contributed by atoms with Gasteiger partial charge in [-0.2, -0.15) is 0 Å². The lowest BCUT2D eigenvalue weighted by Crippen LogP contribution is -2.36. The molecule has 4 heteroatoms. The summed E-state index contributed by atoms with van der Waals surface area (Å²) in [6.07, 6.45) is 4.86. The Balaban J connectivity index is 2.30. The van der Waals surface area contributed by atoms with Crippen LogP contribution in [-0.2, 0) is 14.3 Å². The van der Waals surface area contributed by atoms with Crippen molar-refractivity contribution in [2.45, 2.75) is 13.3 Å². The number of amides is 1. The second-order valence-electron chi connectivity index (χ2n) is 2.88. The first kappa shape index (κ1) is 9.77. The first-order valence-corrected chi connectivity index (χ1v) is 4.26. The molecule has 0 aromatic heterocycles. The maximum atomic E-state index is 11.3. The van der Waals surface area contributed by atoms with Gasteiger partial charge >= 0.3 is 5.97 Å². The van der Waals surface area contributed by atoms with Crippen molar-refractivity contribution in [2.75, 3.05) is 19.7 Å². The molecule has 0 unspecified atom stereocenters. The predicted molar refractivity (Wildman–Crippen MR) is 47.0 cm³/mol. The highest BCUT2D eigenvalue weighted by atomic mass is 16.5.